The molecule has 1 amide bonds. The van der Waals surface area contributed by atoms with E-state index in [1.54, 1.807) is 12.1 Å². The summed E-state index contributed by atoms with van der Waals surface area (Å²) in [7, 11) is 0. The molecule has 1 aromatic heterocycles. The van der Waals surface area contributed by atoms with Crippen molar-refractivity contribution in [2.45, 2.75) is 25.4 Å². The van der Waals surface area contributed by atoms with Gasteiger partial charge in [-0.1, -0.05) is 54.6 Å². The second kappa shape index (κ2) is 11.1. The Bertz CT molecular complexity index is 1400. The number of nitrogens with zero attached hydrogens (tertiary/aromatic N) is 2. The van der Waals surface area contributed by atoms with Crippen molar-refractivity contribution in [2.24, 2.45) is 5.92 Å². The Balaban J connectivity index is 1.24. The van der Waals surface area contributed by atoms with Crippen molar-refractivity contribution in [3.8, 4) is 5.75 Å². The molecule has 1 fully saturated rings. The molecule has 0 unspecified atom stereocenters. The van der Waals surface area contributed by atoms with Crippen LogP contribution in [0.15, 0.2) is 84.9 Å². The summed E-state index contributed by atoms with van der Waals surface area (Å²) in [4.78, 5) is 19.5. The van der Waals surface area contributed by atoms with Crippen LogP contribution in [0.25, 0.3) is 10.9 Å². The summed E-state index contributed by atoms with van der Waals surface area (Å²) in [5.74, 6) is 1.20. The number of anilines is 2. The van der Waals surface area contributed by atoms with Crippen molar-refractivity contribution >= 4 is 28.3 Å². The van der Waals surface area contributed by atoms with Gasteiger partial charge in [-0.2, -0.15) is 13.2 Å². The van der Waals surface area contributed by atoms with Gasteiger partial charge in [0, 0.05) is 18.5 Å². The molecule has 0 saturated carbocycles. The first kappa shape index (κ1) is 25.6. The summed E-state index contributed by atoms with van der Waals surface area (Å²) in [6.45, 7) is 1.36. The van der Waals surface area contributed by atoms with E-state index in [-0.39, 0.29) is 5.69 Å². The Morgan fingerprint density at radius 3 is 2.42 bits per heavy atom. The number of pyridine rings is 1. The van der Waals surface area contributed by atoms with Crippen molar-refractivity contribution in [3.63, 3.8) is 0 Å². The van der Waals surface area contributed by atoms with Crippen LogP contribution in [0.3, 0.4) is 0 Å². The molecule has 2 heterocycles. The number of carbonyl (C=O) groups excluding carboxylic acids is 1. The van der Waals surface area contributed by atoms with Crippen LogP contribution in [0, 0.1) is 5.92 Å². The van der Waals surface area contributed by atoms with E-state index in [0.29, 0.717) is 17.2 Å². The number of halogens is 3. The Morgan fingerprint density at radius 2 is 1.66 bits per heavy atom. The molecule has 5 nitrogen and oxygen atoms in total. The fourth-order valence-corrected chi connectivity index (χ4v) is 4.88. The number of ether oxygens (including phenoxy) is 1. The Hall–Kier alpha value is -4.07. The Labute approximate surface area is 219 Å². The maximum atomic E-state index is 13.2. The van der Waals surface area contributed by atoms with Gasteiger partial charge in [0.2, 0.25) is 0 Å². The third kappa shape index (κ3) is 6.07. The number of aromatic nitrogens is 1. The van der Waals surface area contributed by atoms with Gasteiger partial charge >= 0.3 is 6.18 Å². The highest BCUT2D eigenvalue weighted by atomic mass is 19.4. The summed E-state index contributed by atoms with van der Waals surface area (Å²) in [5, 5.41) is 3.16. The number of fused-ring (bicyclic) bond motifs is 1. The molecule has 3 aromatic carbocycles. The van der Waals surface area contributed by atoms with Crippen LogP contribution in [0.4, 0.5) is 24.7 Å². The second-order valence-electron chi connectivity index (χ2n) is 9.50. The van der Waals surface area contributed by atoms with Crippen LogP contribution in [-0.2, 0) is 17.4 Å². The van der Waals surface area contributed by atoms with E-state index in [0.717, 1.165) is 49.6 Å². The lowest BCUT2D eigenvalue weighted by Crippen LogP contribution is -2.34. The normalized spacial score (nSPS) is 14.4. The minimum Gasteiger partial charge on any atom is -0.481 e. The molecule has 5 rings (SSSR count). The van der Waals surface area contributed by atoms with Crippen molar-refractivity contribution in [1.82, 2.24) is 4.98 Å². The lowest BCUT2D eigenvalue weighted by molar-refractivity contribution is -0.137. The maximum absolute atomic E-state index is 13.2. The zero-order valence-electron chi connectivity index (χ0n) is 20.7. The predicted octanol–water partition coefficient (Wildman–Crippen LogP) is 6.73. The molecule has 1 aliphatic rings. The van der Waals surface area contributed by atoms with E-state index in [4.69, 9.17) is 9.72 Å². The fraction of sp³-hybridized carbons (Fsp3) is 0.267. The van der Waals surface area contributed by atoms with E-state index in [9.17, 15) is 18.0 Å². The summed E-state index contributed by atoms with van der Waals surface area (Å²) >= 11 is 0. The number of hydrogen-bond donors (Lipinski definition) is 1. The molecule has 8 heteroatoms. The van der Waals surface area contributed by atoms with Gasteiger partial charge in [-0.15, -0.1) is 0 Å². The molecule has 0 radical (unpaired) electrons. The van der Waals surface area contributed by atoms with Crippen LogP contribution in [0.2, 0.25) is 0 Å². The first-order chi connectivity index (χ1) is 18.4. The van der Waals surface area contributed by atoms with Crippen LogP contribution in [-0.4, -0.2) is 30.6 Å². The van der Waals surface area contributed by atoms with E-state index < -0.39 is 24.3 Å². The van der Waals surface area contributed by atoms with Crippen molar-refractivity contribution in [3.05, 3.63) is 96.1 Å². The molecule has 1 aliphatic heterocycles. The minimum absolute atomic E-state index is 0.303. The van der Waals surface area contributed by atoms with Crippen molar-refractivity contribution in [2.75, 3.05) is 29.9 Å². The fourth-order valence-electron chi connectivity index (χ4n) is 4.88. The number of benzene rings is 3. The molecule has 196 valence electrons. The average molecular weight is 520 g/mol. The number of para-hydroxylation sites is 2. The quantitative estimate of drug-likeness (QED) is 0.294. The maximum Gasteiger partial charge on any atom is 0.418 e. The molecule has 0 aliphatic carbocycles. The highest BCUT2D eigenvalue weighted by molar-refractivity contribution is 5.93. The summed E-state index contributed by atoms with van der Waals surface area (Å²) in [5.41, 5.74) is 0.766. The number of alkyl halides is 3. The lowest BCUT2D eigenvalue weighted by Gasteiger charge is -2.33. The summed E-state index contributed by atoms with van der Waals surface area (Å²) in [6.07, 6.45) is -1.34. The SMILES string of the molecule is O=C(COc1cccc2ccc(N3CCC(Cc4ccccc4)CC3)nc12)Nc1ccccc1C(F)(F)F. The molecular formula is C30H28F3N3O2. The Kier molecular flexibility index (Phi) is 7.49. The largest absolute Gasteiger partial charge is 0.481 e. The van der Waals surface area contributed by atoms with E-state index in [1.165, 1.54) is 23.8 Å². The average Bonchev–Trinajstić information content (AvgIpc) is 2.92. The second-order valence-corrected chi connectivity index (χ2v) is 9.50. The first-order valence-corrected chi connectivity index (χ1v) is 12.6. The molecule has 0 atom stereocenters. The highest BCUT2D eigenvalue weighted by Gasteiger charge is 2.33. The van der Waals surface area contributed by atoms with Crippen LogP contribution in [0.5, 0.6) is 5.75 Å². The minimum atomic E-state index is -4.57. The van der Waals surface area contributed by atoms with Gasteiger partial charge in [-0.05, 0) is 61.1 Å². The van der Waals surface area contributed by atoms with E-state index >= 15 is 0 Å². The van der Waals surface area contributed by atoms with Crippen molar-refractivity contribution < 1.29 is 22.7 Å². The van der Waals surface area contributed by atoms with Crippen LogP contribution in [0.1, 0.15) is 24.0 Å². The molecule has 1 N–H and O–H groups in total. The molecule has 38 heavy (non-hydrogen) atoms. The van der Waals surface area contributed by atoms with Gasteiger partial charge in [0.05, 0.1) is 11.3 Å². The third-order valence-electron chi connectivity index (χ3n) is 6.84. The smallest absolute Gasteiger partial charge is 0.418 e. The standard InChI is InChI=1S/C30H28F3N3O2/c31-30(32,33)24-10-4-5-11-25(24)34-28(37)20-38-26-12-6-9-23-13-14-27(35-29(23)26)36-17-15-22(16-18-36)19-21-7-2-1-3-8-21/h1-14,22H,15-20H2,(H,34,37). The topological polar surface area (TPSA) is 54.5 Å². The van der Waals surface area contributed by atoms with Gasteiger partial charge in [-0.3, -0.25) is 4.79 Å². The van der Waals surface area contributed by atoms with Gasteiger partial charge in [0.15, 0.2) is 6.61 Å². The molecule has 0 bridgehead atoms. The summed E-state index contributed by atoms with van der Waals surface area (Å²) in [6, 6.07) is 24.8. The lowest BCUT2D eigenvalue weighted by atomic mass is 9.90. The predicted molar refractivity (Wildman–Crippen MR) is 142 cm³/mol. The summed E-state index contributed by atoms with van der Waals surface area (Å²) < 4.78 is 45.5. The molecular weight excluding hydrogens is 491 g/mol. The number of piperidine rings is 1. The van der Waals surface area contributed by atoms with Gasteiger partial charge < -0.3 is 15.0 Å². The first-order valence-electron chi connectivity index (χ1n) is 12.6. The van der Waals surface area contributed by atoms with Gasteiger partial charge in [0.25, 0.3) is 5.91 Å². The Morgan fingerprint density at radius 1 is 0.921 bits per heavy atom. The van der Waals surface area contributed by atoms with Gasteiger partial charge in [-0.25, -0.2) is 4.98 Å². The zero-order valence-corrected chi connectivity index (χ0v) is 20.7. The zero-order chi connectivity index (χ0) is 26.5. The van der Waals surface area contributed by atoms with E-state index in [1.807, 2.05) is 24.3 Å². The van der Waals surface area contributed by atoms with E-state index in [2.05, 4.69) is 34.5 Å². The molecule has 0 spiro atoms. The highest BCUT2D eigenvalue weighted by Crippen LogP contribution is 2.35. The van der Waals surface area contributed by atoms with Crippen LogP contribution >= 0.6 is 0 Å². The van der Waals surface area contributed by atoms with Crippen molar-refractivity contribution in [1.29, 1.82) is 0 Å². The van der Waals surface area contributed by atoms with Gasteiger partial charge in [0.1, 0.15) is 17.1 Å². The monoisotopic (exact) mass is 519 g/mol. The third-order valence-corrected chi connectivity index (χ3v) is 6.84. The number of amides is 1. The number of carbonyl (C=O) groups is 1. The number of rotatable bonds is 7. The number of nitrogens with one attached hydrogen (secondary N) is 1. The van der Waals surface area contributed by atoms with Crippen LogP contribution < -0.4 is 15.0 Å². The number of hydrogen-bond acceptors (Lipinski definition) is 4. The molecule has 1 saturated heterocycles. The molecule has 4 aromatic rings.